The Morgan fingerprint density at radius 2 is 2.12 bits per heavy atom. The second kappa shape index (κ2) is 4.57. The molecule has 1 unspecified atom stereocenters. The molecule has 0 saturated carbocycles. The number of carbonyl (C=O) groups excluding carboxylic acids is 1. The fraction of sp³-hybridized carbons (Fsp3) is 0.462. The van der Waals surface area contributed by atoms with Crippen LogP contribution in [0.15, 0.2) is 24.3 Å². The zero-order valence-electron chi connectivity index (χ0n) is 9.98. The number of hydrogen-bond acceptors (Lipinski definition) is 2. The monoisotopic (exact) mass is 345 g/mol. The van der Waals surface area contributed by atoms with Crippen LogP contribution in [-0.4, -0.2) is 34.1 Å². The van der Waals surface area contributed by atoms with E-state index in [9.17, 15) is 9.90 Å². The number of rotatable bonds is 1. The molecule has 3 nitrogen and oxygen atoms in total. The third kappa shape index (κ3) is 2.20. The molecule has 0 aliphatic carbocycles. The van der Waals surface area contributed by atoms with E-state index in [2.05, 4.69) is 22.6 Å². The smallest absolute Gasteiger partial charge is 0.255 e. The Hall–Kier alpha value is -0.620. The number of carbonyl (C=O) groups is 1. The Balaban J connectivity index is 2.31. The van der Waals surface area contributed by atoms with Crippen LogP contribution in [-0.2, 0) is 0 Å². The third-order valence-electron chi connectivity index (χ3n) is 3.49. The molecular weight excluding hydrogens is 329 g/mol. The highest BCUT2D eigenvalue weighted by atomic mass is 127. The van der Waals surface area contributed by atoms with Crippen molar-refractivity contribution in [1.82, 2.24) is 4.90 Å². The van der Waals surface area contributed by atoms with Crippen molar-refractivity contribution in [2.75, 3.05) is 6.54 Å². The van der Waals surface area contributed by atoms with Gasteiger partial charge in [0.15, 0.2) is 0 Å². The molecule has 0 radical (unpaired) electrons. The number of amides is 1. The molecule has 1 amide bonds. The Bertz CT molecular complexity index is 445. The first-order valence-electron chi connectivity index (χ1n) is 5.69. The van der Waals surface area contributed by atoms with Crippen LogP contribution in [0.4, 0.5) is 0 Å². The highest BCUT2D eigenvalue weighted by Gasteiger charge is 2.43. The summed E-state index contributed by atoms with van der Waals surface area (Å²) in [5.74, 6) is 0.0107. The largest absolute Gasteiger partial charge is 0.391 e. The fourth-order valence-electron chi connectivity index (χ4n) is 2.22. The maximum absolute atomic E-state index is 12.4. The zero-order valence-corrected chi connectivity index (χ0v) is 12.1. The summed E-state index contributed by atoms with van der Waals surface area (Å²) in [7, 11) is 0. The number of benzene rings is 1. The van der Waals surface area contributed by atoms with Crippen molar-refractivity contribution >= 4 is 28.5 Å². The van der Waals surface area contributed by atoms with Gasteiger partial charge in [0, 0.05) is 10.1 Å². The van der Waals surface area contributed by atoms with E-state index >= 15 is 0 Å². The van der Waals surface area contributed by atoms with E-state index < -0.39 is 11.6 Å². The molecule has 92 valence electrons. The Morgan fingerprint density at radius 3 is 2.65 bits per heavy atom. The normalized spacial score (nSPS) is 22.8. The van der Waals surface area contributed by atoms with Crippen LogP contribution >= 0.6 is 22.6 Å². The molecule has 1 saturated heterocycles. The highest BCUT2D eigenvalue weighted by molar-refractivity contribution is 14.1. The lowest BCUT2D eigenvalue weighted by Gasteiger charge is -2.34. The van der Waals surface area contributed by atoms with Gasteiger partial charge in [-0.05, 0) is 55.0 Å². The molecule has 1 aliphatic rings. The van der Waals surface area contributed by atoms with Crippen LogP contribution in [0.2, 0.25) is 0 Å². The van der Waals surface area contributed by atoms with E-state index in [1.165, 1.54) is 0 Å². The van der Waals surface area contributed by atoms with E-state index in [1.54, 1.807) is 4.90 Å². The van der Waals surface area contributed by atoms with Crippen molar-refractivity contribution < 1.29 is 9.90 Å². The summed E-state index contributed by atoms with van der Waals surface area (Å²) >= 11 is 2.17. The number of nitrogens with zero attached hydrogens (tertiary/aromatic N) is 1. The lowest BCUT2D eigenvalue weighted by molar-refractivity contribution is 0.0393. The summed E-state index contributed by atoms with van der Waals surface area (Å²) in [6, 6.07) is 7.55. The van der Waals surface area contributed by atoms with Gasteiger partial charge in [0.25, 0.3) is 5.91 Å². The number of halogens is 1. The molecule has 1 fully saturated rings. The van der Waals surface area contributed by atoms with Gasteiger partial charge in [-0.15, -0.1) is 0 Å². The van der Waals surface area contributed by atoms with Crippen LogP contribution in [0.1, 0.15) is 30.6 Å². The minimum Gasteiger partial charge on any atom is -0.391 e. The Kier molecular flexibility index (Phi) is 3.45. The van der Waals surface area contributed by atoms with Crippen molar-refractivity contribution in [3.63, 3.8) is 0 Å². The first kappa shape index (κ1) is 12.8. The van der Waals surface area contributed by atoms with Gasteiger partial charge >= 0.3 is 0 Å². The van der Waals surface area contributed by atoms with Crippen LogP contribution in [0.3, 0.4) is 0 Å². The molecule has 1 N–H and O–H groups in total. The number of hydrogen-bond donors (Lipinski definition) is 1. The first-order valence-corrected chi connectivity index (χ1v) is 6.77. The molecule has 1 aromatic rings. The zero-order chi connectivity index (χ0) is 12.6. The molecule has 0 aromatic heterocycles. The van der Waals surface area contributed by atoms with Crippen LogP contribution in [0.25, 0.3) is 0 Å². The summed E-state index contributed by atoms with van der Waals surface area (Å²) in [4.78, 5) is 14.2. The van der Waals surface area contributed by atoms with Gasteiger partial charge in [-0.2, -0.15) is 0 Å². The number of aliphatic hydroxyl groups excluding tert-OH is 1. The maximum atomic E-state index is 12.4. The molecule has 1 heterocycles. The summed E-state index contributed by atoms with van der Waals surface area (Å²) in [6.45, 7) is 4.45. The molecule has 17 heavy (non-hydrogen) atoms. The molecule has 0 spiro atoms. The van der Waals surface area contributed by atoms with E-state index in [-0.39, 0.29) is 5.91 Å². The van der Waals surface area contributed by atoms with Crippen LogP contribution in [0.5, 0.6) is 0 Å². The molecule has 4 heteroatoms. The standard InChI is InChI=1S/C13H16INO2/c1-13(2)11(16)7-8-15(13)12(17)9-5-3-4-6-10(9)14/h3-6,11,16H,7-8H2,1-2H3. The van der Waals surface area contributed by atoms with Crippen molar-refractivity contribution in [2.24, 2.45) is 0 Å². The lowest BCUT2D eigenvalue weighted by Crippen LogP contribution is -2.48. The topological polar surface area (TPSA) is 40.5 Å². The van der Waals surface area contributed by atoms with Crippen molar-refractivity contribution in [3.8, 4) is 0 Å². The SMILES string of the molecule is CC1(C)C(O)CCN1C(=O)c1ccccc1I. The van der Waals surface area contributed by atoms with Crippen molar-refractivity contribution in [3.05, 3.63) is 33.4 Å². The van der Waals surface area contributed by atoms with Gasteiger partial charge in [-0.3, -0.25) is 4.79 Å². The van der Waals surface area contributed by atoms with Gasteiger partial charge < -0.3 is 10.0 Å². The maximum Gasteiger partial charge on any atom is 0.255 e. The van der Waals surface area contributed by atoms with Crippen LogP contribution in [0, 0.1) is 3.57 Å². The lowest BCUT2D eigenvalue weighted by atomic mass is 9.98. The van der Waals surface area contributed by atoms with Gasteiger partial charge in [0.2, 0.25) is 0 Å². The second-order valence-corrected chi connectivity index (χ2v) is 6.06. The predicted octanol–water partition coefficient (Wildman–Crippen LogP) is 2.28. The molecule has 0 bridgehead atoms. The third-order valence-corrected chi connectivity index (χ3v) is 4.43. The fourth-order valence-corrected chi connectivity index (χ4v) is 2.83. The summed E-state index contributed by atoms with van der Waals surface area (Å²) in [5, 5.41) is 9.90. The van der Waals surface area contributed by atoms with E-state index in [0.717, 1.165) is 9.13 Å². The molecular formula is C13H16INO2. The second-order valence-electron chi connectivity index (χ2n) is 4.89. The van der Waals surface area contributed by atoms with Crippen molar-refractivity contribution in [1.29, 1.82) is 0 Å². The summed E-state index contributed by atoms with van der Waals surface area (Å²) in [6.07, 6.45) is 0.218. The average molecular weight is 345 g/mol. The average Bonchev–Trinajstić information content (AvgIpc) is 2.54. The Labute approximate surface area is 115 Å². The number of aliphatic hydroxyl groups is 1. The van der Waals surface area contributed by atoms with Gasteiger partial charge in [0.1, 0.15) is 0 Å². The summed E-state index contributed by atoms with van der Waals surface area (Å²) in [5.41, 5.74) is 0.242. The van der Waals surface area contributed by atoms with Gasteiger partial charge in [0.05, 0.1) is 17.2 Å². The van der Waals surface area contributed by atoms with Crippen molar-refractivity contribution in [2.45, 2.75) is 31.9 Å². The Morgan fingerprint density at radius 1 is 1.47 bits per heavy atom. The molecule has 1 aliphatic heterocycles. The van der Waals surface area contributed by atoms with Gasteiger partial charge in [-0.1, -0.05) is 12.1 Å². The minimum absolute atomic E-state index is 0.0107. The van der Waals surface area contributed by atoms with E-state index in [0.29, 0.717) is 13.0 Å². The van der Waals surface area contributed by atoms with Gasteiger partial charge in [-0.25, -0.2) is 0 Å². The predicted molar refractivity (Wildman–Crippen MR) is 74.9 cm³/mol. The van der Waals surface area contributed by atoms with Crippen LogP contribution < -0.4 is 0 Å². The molecule has 1 aromatic carbocycles. The van der Waals surface area contributed by atoms with E-state index in [1.807, 2.05) is 38.1 Å². The minimum atomic E-state index is -0.476. The molecule has 1 atom stereocenters. The van der Waals surface area contributed by atoms with E-state index in [4.69, 9.17) is 0 Å². The highest BCUT2D eigenvalue weighted by Crippen LogP contribution is 2.31. The molecule has 2 rings (SSSR count). The quantitative estimate of drug-likeness (QED) is 0.794. The number of likely N-dealkylation sites (tertiary alicyclic amines) is 1. The summed E-state index contributed by atoms with van der Waals surface area (Å²) < 4.78 is 0.951. The first-order chi connectivity index (χ1) is 7.94.